The van der Waals surface area contributed by atoms with Crippen LogP contribution in [0.5, 0.6) is 0 Å². The average molecular weight is 437 g/mol. The van der Waals surface area contributed by atoms with Crippen LogP contribution >= 0.6 is 11.6 Å². The smallest absolute Gasteiger partial charge is 0.283 e. The van der Waals surface area contributed by atoms with E-state index in [2.05, 4.69) is 5.10 Å². The first kappa shape index (κ1) is 21.5. The number of carbonyl (C=O) groups is 1. The number of benzene rings is 1. The van der Waals surface area contributed by atoms with Crippen molar-refractivity contribution >= 4 is 17.5 Å². The zero-order valence-corrected chi connectivity index (χ0v) is 15.9. The summed E-state index contributed by atoms with van der Waals surface area (Å²) in [4.78, 5) is 15.9. The summed E-state index contributed by atoms with van der Waals surface area (Å²) in [6.45, 7) is 1.30. The standard InChI is InChI=1S/C18H18ClF5N4O/c19-14-15(17(21)22)25-28(16(14)18(23)24)10-13(29)27-7-5-26(6-8-27)9-11-3-1-2-4-12(11)20/h1-4,17-18H,5-10H2. The molecule has 1 aromatic carbocycles. The highest BCUT2D eigenvalue weighted by Crippen LogP contribution is 2.34. The van der Waals surface area contributed by atoms with Crippen molar-refractivity contribution in [1.29, 1.82) is 0 Å². The van der Waals surface area contributed by atoms with E-state index < -0.39 is 41.7 Å². The largest absolute Gasteiger partial charge is 0.339 e. The summed E-state index contributed by atoms with van der Waals surface area (Å²) in [5, 5.41) is 2.58. The predicted molar refractivity (Wildman–Crippen MR) is 95.4 cm³/mol. The second-order valence-corrected chi connectivity index (χ2v) is 6.97. The lowest BCUT2D eigenvalue weighted by Gasteiger charge is -2.34. The van der Waals surface area contributed by atoms with Crippen LogP contribution in [0.15, 0.2) is 24.3 Å². The van der Waals surface area contributed by atoms with E-state index in [0.717, 1.165) is 0 Å². The highest BCUT2D eigenvalue weighted by molar-refractivity contribution is 6.32. The summed E-state index contributed by atoms with van der Waals surface area (Å²) in [6, 6.07) is 6.39. The molecule has 0 bridgehead atoms. The molecule has 11 heteroatoms. The topological polar surface area (TPSA) is 41.4 Å². The SMILES string of the molecule is O=C(Cn1nc(C(F)F)c(Cl)c1C(F)F)N1CCN(Cc2ccccc2F)CC1. The number of aromatic nitrogens is 2. The first-order valence-corrected chi connectivity index (χ1v) is 9.21. The molecule has 1 fully saturated rings. The molecule has 1 saturated heterocycles. The van der Waals surface area contributed by atoms with Crippen molar-refractivity contribution in [1.82, 2.24) is 19.6 Å². The molecule has 0 aliphatic carbocycles. The van der Waals surface area contributed by atoms with Crippen molar-refractivity contribution in [3.8, 4) is 0 Å². The van der Waals surface area contributed by atoms with Crippen LogP contribution in [0.4, 0.5) is 22.0 Å². The molecule has 158 valence electrons. The van der Waals surface area contributed by atoms with E-state index in [0.29, 0.717) is 43.0 Å². The molecule has 0 atom stereocenters. The lowest BCUT2D eigenvalue weighted by molar-refractivity contribution is -0.134. The minimum atomic E-state index is -3.15. The Morgan fingerprint density at radius 3 is 2.31 bits per heavy atom. The second-order valence-electron chi connectivity index (χ2n) is 6.59. The Hall–Kier alpha value is -2.20. The van der Waals surface area contributed by atoms with Crippen LogP contribution in [-0.4, -0.2) is 51.7 Å². The molecule has 0 saturated carbocycles. The van der Waals surface area contributed by atoms with E-state index in [1.165, 1.54) is 11.0 Å². The van der Waals surface area contributed by atoms with Crippen molar-refractivity contribution in [2.24, 2.45) is 0 Å². The predicted octanol–water partition coefficient (Wildman–Crippen LogP) is 3.90. The highest BCUT2D eigenvalue weighted by Gasteiger charge is 2.30. The molecule has 2 aromatic rings. The van der Waals surface area contributed by atoms with Gasteiger partial charge in [-0.2, -0.15) is 5.10 Å². The molecule has 1 aromatic heterocycles. The van der Waals surface area contributed by atoms with Gasteiger partial charge in [-0.05, 0) is 6.07 Å². The minimum Gasteiger partial charge on any atom is -0.339 e. The van der Waals surface area contributed by atoms with E-state index in [1.807, 2.05) is 4.90 Å². The third-order valence-electron chi connectivity index (χ3n) is 4.73. The number of halogens is 6. The summed E-state index contributed by atoms with van der Waals surface area (Å²) < 4.78 is 66.5. The fourth-order valence-corrected chi connectivity index (χ4v) is 3.49. The van der Waals surface area contributed by atoms with Crippen molar-refractivity contribution in [3.63, 3.8) is 0 Å². The summed E-state index contributed by atoms with van der Waals surface area (Å²) in [7, 11) is 0. The summed E-state index contributed by atoms with van der Waals surface area (Å²) >= 11 is 5.59. The molecular weight excluding hydrogens is 419 g/mol. The maximum absolute atomic E-state index is 13.8. The monoisotopic (exact) mass is 436 g/mol. The molecule has 0 N–H and O–H groups in total. The van der Waals surface area contributed by atoms with Gasteiger partial charge in [-0.3, -0.25) is 14.4 Å². The number of carbonyl (C=O) groups excluding carboxylic acids is 1. The van der Waals surface area contributed by atoms with Crippen LogP contribution in [0.3, 0.4) is 0 Å². The average Bonchev–Trinajstić information content (AvgIpc) is 3.00. The van der Waals surface area contributed by atoms with Gasteiger partial charge in [-0.15, -0.1) is 0 Å². The van der Waals surface area contributed by atoms with Crippen molar-refractivity contribution in [2.75, 3.05) is 26.2 Å². The van der Waals surface area contributed by atoms with Gasteiger partial charge in [0, 0.05) is 38.3 Å². The van der Waals surface area contributed by atoms with Gasteiger partial charge in [-0.1, -0.05) is 29.8 Å². The van der Waals surface area contributed by atoms with Crippen LogP contribution in [0, 0.1) is 5.82 Å². The van der Waals surface area contributed by atoms with Crippen molar-refractivity contribution in [2.45, 2.75) is 25.9 Å². The van der Waals surface area contributed by atoms with E-state index in [9.17, 15) is 26.7 Å². The van der Waals surface area contributed by atoms with E-state index in [-0.39, 0.29) is 5.82 Å². The van der Waals surface area contributed by atoms with Gasteiger partial charge in [0.15, 0.2) is 0 Å². The first-order chi connectivity index (χ1) is 13.8. The maximum atomic E-state index is 13.8. The second kappa shape index (κ2) is 9.08. The Kier molecular flexibility index (Phi) is 6.74. The molecule has 3 rings (SSSR count). The maximum Gasteiger partial charge on any atom is 0.283 e. The number of piperazine rings is 1. The Morgan fingerprint density at radius 2 is 1.72 bits per heavy atom. The minimum absolute atomic E-state index is 0.300. The Balaban J connectivity index is 1.62. The quantitative estimate of drug-likeness (QED) is 0.645. The third-order valence-corrected chi connectivity index (χ3v) is 5.12. The van der Waals surface area contributed by atoms with Gasteiger partial charge >= 0.3 is 0 Å². The van der Waals surface area contributed by atoms with Gasteiger partial charge in [0.25, 0.3) is 12.9 Å². The normalized spacial score (nSPS) is 15.5. The highest BCUT2D eigenvalue weighted by atomic mass is 35.5. The van der Waals surface area contributed by atoms with Gasteiger partial charge in [0.05, 0.1) is 5.02 Å². The molecular formula is C18H18ClF5N4O. The van der Waals surface area contributed by atoms with Crippen LogP contribution < -0.4 is 0 Å². The Bertz CT molecular complexity index is 868. The van der Waals surface area contributed by atoms with Crippen molar-refractivity contribution in [3.05, 3.63) is 52.1 Å². The molecule has 0 radical (unpaired) electrons. The number of alkyl halides is 4. The van der Waals surface area contributed by atoms with Gasteiger partial charge in [-0.25, -0.2) is 22.0 Å². The summed E-state index contributed by atoms with van der Waals surface area (Å²) in [5.41, 5.74) is -1.32. The first-order valence-electron chi connectivity index (χ1n) is 8.83. The lowest BCUT2D eigenvalue weighted by Crippen LogP contribution is -2.49. The molecule has 1 amide bonds. The van der Waals surface area contributed by atoms with Crippen LogP contribution in [-0.2, 0) is 17.9 Å². The Labute approximate surface area is 168 Å². The molecule has 2 heterocycles. The zero-order chi connectivity index (χ0) is 21.1. The van der Waals surface area contributed by atoms with Crippen LogP contribution in [0.2, 0.25) is 5.02 Å². The fraction of sp³-hybridized carbons (Fsp3) is 0.444. The van der Waals surface area contributed by atoms with E-state index >= 15 is 0 Å². The molecule has 1 aliphatic heterocycles. The summed E-state index contributed by atoms with van der Waals surface area (Å²) in [5.74, 6) is -0.839. The zero-order valence-electron chi connectivity index (χ0n) is 15.2. The molecule has 29 heavy (non-hydrogen) atoms. The van der Waals surface area contributed by atoms with Crippen LogP contribution in [0.25, 0.3) is 0 Å². The van der Waals surface area contributed by atoms with E-state index in [4.69, 9.17) is 11.6 Å². The van der Waals surface area contributed by atoms with E-state index in [1.54, 1.807) is 18.2 Å². The lowest BCUT2D eigenvalue weighted by atomic mass is 10.2. The number of hydrogen-bond acceptors (Lipinski definition) is 3. The van der Waals surface area contributed by atoms with Gasteiger partial charge in [0.2, 0.25) is 5.91 Å². The molecule has 5 nitrogen and oxygen atoms in total. The van der Waals surface area contributed by atoms with Crippen LogP contribution in [0.1, 0.15) is 29.8 Å². The Morgan fingerprint density at radius 1 is 1.07 bits per heavy atom. The number of hydrogen-bond donors (Lipinski definition) is 0. The fourth-order valence-electron chi connectivity index (χ4n) is 3.19. The number of rotatable bonds is 6. The van der Waals surface area contributed by atoms with Gasteiger partial charge in [0.1, 0.15) is 23.7 Å². The summed E-state index contributed by atoms with van der Waals surface area (Å²) in [6.07, 6.45) is -6.27. The number of nitrogens with zero attached hydrogens (tertiary/aromatic N) is 4. The molecule has 0 unspecified atom stereocenters. The van der Waals surface area contributed by atoms with Crippen molar-refractivity contribution < 1.29 is 26.7 Å². The molecule has 0 spiro atoms. The third kappa shape index (κ3) is 4.87. The number of amides is 1. The van der Waals surface area contributed by atoms with Gasteiger partial charge < -0.3 is 4.90 Å². The molecule has 1 aliphatic rings.